The first-order valence-corrected chi connectivity index (χ1v) is 7.98. The summed E-state index contributed by atoms with van der Waals surface area (Å²) in [4.78, 5) is 25.6. The van der Waals surface area contributed by atoms with Crippen LogP contribution in [0.25, 0.3) is 0 Å². The Bertz CT molecular complexity index is 390. The summed E-state index contributed by atoms with van der Waals surface area (Å²) in [6, 6.07) is 0. The molecule has 2 atom stereocenters. The molecule has 1 saturated heterocycles. The third-order valence-electron chi connectivity index (χ3n) is 5.26. The average molecular weight is 297 g/mol. The quantitative estimate of drug-likeness (QED) is 0.845. The molecule has 2 aliphatic rings. The lowest BCUT2D eigenvalue weighted by Crippen LogP contribution is -2.47. The number of ether oxygens (including phenoxy) is 1. The van der Waals surface area contributed by atoms with E-state index in [0.29, 0.717) is 18.9 Å². The molecule has 1 saturated carbocycles. The fourth-order valence-corrected chi connectivity index (χ4v) is 3.86. The number of likely N-dealkylation sites (tertiary alicyclic amines) is 1. The van der Waals surface area contributed by atoms with Crippen molar-refractivity contribution in [1.82, 2.24) is 4.90 Å². The minimum Gasteiger partial charge on any atom is -0.481 e. The average Bonchev–Trinajstić information content (AvgIpc) is 2.86. The summed E-state index contributed by atoms with van der Waals surface area (Å²) in [5.41, 5.74) is -0.311. The molecule has 1 amide bonds. The molecule has 1 aliphatic carbocycles. The minimum atomic E-state index is -0.785. The zero-order valence-corrected chi connectivity index (χ0v) is 13.1. The van der Waals surface area contributed by atoms with Crippen molar-refractivity contribution in [3.63, 3.8) is 0 Å². The molecule has 0 aromatic carbocycles. The summed E-state index contributed by atoms with van der Waals surface area (Å²) in [7, 11) is 1.69. The Hall–Kier alpha value is -1.10. The monoisotopic (exact) mass is 297 g/mol. The number of hydrogen-bond acceptors (Lipinski definition) is 3. The van der Waals surface area contributed by atoms with Crippen molar-refractivity contribution in [3.05, 3.63) is 0 Å². The van der Waals surface area contributed by atoms with Crippen LogP contribution in [0.5, 0.6) is 0 Å². The van der Waals surface area contributed by atoms with Crippen LogP contribution < -0.4 is 0 Å². The van der Waals surface area contributed by atoms with Gasteiger partial charge in [-0.15, -0.1) is 0 Å². The molecule has 0 spiro atoms. The Kier molecular flexibility index (Phi) is 5.25. The van der Waals surface area contributed by atoms with E-state index < -0.39 is 5.97 Å². The van der Waals surface area contributed by atoms with Gasteiger partial charge in [-0.3, -0.25) is 9.59 Å². The van der Waals surface area contributed by atoms with Crippen LogP contribution in [0.3, 0.4) is 0 Å². The van der Waals surface area contributed by atoms with Gasteiger partial charge in [0.15, 0.2) is 0 Å². The van der Waals surface area contributed by atoms with E-state index in [0.717, 1.165) is 38.6 Å². The van der Waals surface area contributed by atoms with Gasteiger partial charge in [-0.1, -0.05) is 19.8 Å². The number of hydrogen-bond donors (Lipinski definition) is 1. The van der Waals surface area contributed by atoms with E-state index in [1.807, 2.05) is 4.90 Å². The SMILES string of the molecule is COC1CN(C(=O)CC2(CC(=O)O)CCCC2)CCC1C. The summed E-state index contributed by atoms with van der Waals surface area (Å²) in [6.07, 6.45) is 5.36. The maximum Gasteiger partial charge on any atom is 0.303 e. The van der Waals surface area contributed by atoms with Gasteiger partial charge in [0.25, 0.3) is 0 Å². The van der Waals surface area contributed by atoms with E-state index in [-0.39, 0.29) is 23.8 Å². The van der Waals surface area contributed by atoms with Gasteiger partial charge in [-0.25, -0.2) is 0 Å². The van der Waals surface area contributed by atoms with E-state index in [9.17, 15) is 9.59 Å². The minimum absolute atomic E-state index is 0.0988. The highest BCUT2D eigenvalue weighted by atomic mass is 16.5. The maximum atomic E-state index is 12.6. The van der Waals surface area contributed by atoms with Gasteiger partial charge in [0.1, 0.15) is 0 Å². The molecular weight excluding hydrogens is 270 g/mol. The predicted octanol–water partition coefficient (Wildman–Crippen LogP) is 2.29. The van der Waals surface area contributed by atoms with Gasteiger partial charge in [-0.05, 0) is 30.6 Å². The molecule has 1 heterocycles. The number of piperidine rings is 1. The summed E-state index contributed by atoms with van der Waals surface area (Å²) in [5.74, 6) is -0.211. The highest BCUT2D eigenvalue weighted by molar-refractivity contribution is 5.78. The second kappa shape index (κ2) is 6.77. The third kappa shape index (κ3) is 3.96. The van der Waals surface area contributed by atoms with E-state index in [1.165, 1.54) is 0 Å². The van der Waals surface area contributed by atoms with Crippen LogP contribution in [-0.2, 0) is 14.3 Å². The number of aliphatic carboxylic acids is 1. The normalized spacial score (nSPS) is 28.6. The molecule has 5 nitrogen and oxygen atoms in total. The smallest absolute Gasteiger partial charge is 0.303 e. The van der Waals surface area contributed by atoms with E-state index >= 15 is 0 Å². The van der Waals surface area contributed by atoms with Crippen molar-refractivity contribution >= 4 is 11.9 Å². The number of carboxylic acid groups (broad SMARTS) is 1. The molecular formula is C16H27NO4. The number of carbonyl (C=O) groups excluding carboxylic acids is 1. The van der Waals surface area contributed by atoms with Crippen molar-refractivity contribution in [2.75, 3.05) is 20.2 Å². The molecule has 1 N–H and O–H groups in total. The van der Waals surface area contributed by atoms with Gasteiger partial charge in [0.05, 0.1) is 12.5 Å². The summed E-state index contributed by atoms with van der Waals surface area (Å²) in [5, 5.41) is 9.13. The van der Waals surface area contributed by atoms with Crippen molar-refractivity contribution in [2.45, 2.75) is 58.0 Å². The number of carbonyl (C=O) groups is 2. The molecule has 120 valence electrons. The number of carboxylic acids is 1. The molecule has 21 heavy (non-hydrogen) atoms. The van der Waals surface area contributed by atoms with Crippen LogP contribution in [0.15, 0.2) is 0 Å². The fraction of sp³-hybridized carbons (Fsp3) is 0.875. The van der Waals surface area contributed by atoms with Gasteiger partial charge < -0.3 is 14.7 Å². The molecule has 2 unspecified atom stereocenters. The molecule has 1 aliphatic heterocycles. The summed E-state index contributed by atoms with van der Waals surface area (Å²) >= 11 is 0. The lowest BCUT2D eigenvalue weighted by Gasteiger charge is -2.38. The van der Waals surface area contributed by atoms with Crippen molar-refractivity contribution < 1.29 is 19.4 Å². The fourth-order valence-electron chi connectivity index (χ4n) is 3.86. The molecule has 0 bridgehead atoms. The first-order chi connectivity index (χ1) is 9.96. The van der Waals surface area contributed by atoms with E-state index in [1.54, 1.807) is 7.11 Å². The summed E-state index contributed by atoms with van der Waals surface area (Å²) in [6.45, 7) is 3.56. The maximum absolute atomic E-state index is 12.6. The zero-order chi connectivity index (χ0) is 15.5. The molecule has 0 radical (unpaired) electrons. The van der Waals surface area contributed by atoms with Gasteiger partial charge >= 0.3 is 5.97 Å². The van der Waals surface area contributed by atoms with Crippen LogP contribution in [0.2, 0.25) is 0 Å². The molecule has 5 heteroatoms. The first-order valence-electron chi connectivity index (χ1n) is 7.98. The van der Waals surface area contributed by atoms with Crippen LogP contribution in [-0.4, -0.2) is 48.2 Å². The molecule has 0 aromatic rings. The molecule has 0 aromatic heterocycles. The topological polar surface area (TPSA) is 66.8 Å². The van der Waals surface area contributed by atoms with Crippen molar-refractivity contribution in [2.24, 2.45) is 11.3 Å². The Morgan fingerprint density at radius 3 is 2.52 bits per heavy atom. The second-order valence-corrected chi connectivity index (χ2v) is 6.83. The van der Waals surface area contributed by atoms with Gasteiger partial charge in [0.2, 0.25) is 5.91 Å². The number of rotatable bonds is 5. The highest BCUT2D eigenvalue weighted by Gasteiger charge is 2.40. The van der Waals surface area contributed by atoms with E-state index in [2.05, 4.69) is 6.92 Å². The van der Waals surface area contributed by atoms with Gasteiger partial charge in [-0.2, -0.15) is 0 Å². The predicted molar refractivity (Wildman–Crippen MR) is 78.9 cm³/mol. The first kappa shape index (κ1) is 16.3. The second-order valence-electron chi connectivity index (χ2n) is 6.83. The number of methoxy groups -OCH3 is 1. The largest absolute Gasteiger partial charge is 0.481 e. The standard InChI is InChI=1S/C16H27NO4/c1-12-5-8-17(11-13(12)21-2)14(18)9-16(10-15(19)20)6-3-4-7-16/h12-13H,3-11H2,1-2H3,(H,19,20). The molecule has 2 fully saturated rings. The van der Waals surface area contributed by atoms with Crippen LogP contribution in [0.1, 0.15) is 51.9 Å². The Morgan fingerprint density at radius 2 is 1.95 bits per heavy atom. The van der Waals surface area contributed by atoms with Crippen molar-refractivity contribution in [3.8, 4) is 0 Å². The zero-order valence-electron chi connectivity index (χ0n) is 13.1. The lowest BCUT2D eigenvalue weighted by atomic mass is 9.79. The van der Waals surface area contributed by atoms with E-state index in [4.69, 9.17) is 9.84 Å². The number of nitrogens with zero attached hydrogens (tertiary/aromatic N) is 1. The Balaban J connectivity index is 1.97. The Labute approximate surface area is 126 Å². The van der Waals surface area contributed by atoms with Crippen LogP contribution in [0.4, 0.5) is 0 Å². The summed E-state index contributed by atoms with van der Waals surface area (Å²) < 4.78 is 5.46. The van der Waals surface area contributed by atoms with Gasteiger partial charge in [0, 0.05) is 26.6 Å². The third-order valence-corrected chi connectivity index (χ3v) is 5.26. The Morgan fingerprint density at radius 1 is 1.29 bits per heavy atom. The van der Waals surface area contributed by atoms with Crippen molar-refractivity contribution in [1.29, 1.82) is 0 Å². The highest BCUT2D eigenvalue weighted by Crippen LogP contribution is 2.44. The molecule has 2 rings (SSSR count). The number of amides is 1. The lowest BCUT2D eigenvalue weighted by molar-refractivity contribution is -0.143. The van der Waals surface area contributed by atoms with Crippen LogP contribution in [0, 0.1) is 11.3 Å². The van der Waals surface area contributed by atoms with Crippen LogP contribution >= 0.6 is 0 Å².